The van der Waals surface area contributed by atoms with E-state index < -0.39 is 44.8 Å². The van der Waals surface area contributed by atoms with Crippen LogP contribution in [0.3, 0.4) is 0 Å². The van der Waals surface area contributed by atoms with E-state index in [1.165, 1.54) is 34.9 Å². The van der Waals surface area contributed by atoms with E-state index in [0.717, 1.165) is 18.2 Å². The number of nitrogens with zero attached hydrogens (tertiary/aromatic N) is 1. The van der Waals surface area contributed by atoms with Crippen molar-refractivity contribution in [3.05, 3.63) is 117 Å². The van der Waals surface area contributed by atoms with Crippen molar-refractivity contribution in [2.24, 2.45) is 0 Å². The van der Waals surface area contributed by atoms with Gasteiger partial charge in [-0.05, 0) is 42.8 Å². The first-order valence-electron chi connectivity index (χ1n) is 11.2. The van der Waals surface area contributed by atoms with Gasteiger partial charge in [-0.1, -0.05) is 60.3 Å². The lowest BCUT2D eigenvalue weighted by Gasteiger charge is -2.19. The quantitative estimate of drug-likeness (QED) is 0.251. The minimum absolute atomic E-state index is 0.140. The first-order chi connectivity index (χ1) is 18.1. The molecule has 1 N–H and O–H groups in total. The number of hydrogen-bond donors (Lipinski definition) is 1. The number of rotatable bonds is 4. The average molecular weight is 540 g/mol. The van der Waals surface area contributed by atoms with Crippen LogP contribution in [0.5, 0.6) is 5.75 Å². The number of hydrogen-bond acceptors (Lipinski definition) is 5. The summed E-state index contributed by atoms with van der Waals surface area (Å²) in [5.41, 5.74) is -1.93. The van der Waals surface area contributed by atoms with Crippen molar-refractivity contribution in [3.8, 4) is 22.7 Å². The summed E-state index contributed by atoms with van der Waals surface area (Å²) in [6, 6.07) is 18.4. The molecule has 0 saturated heterocycles. The summed E-state index contributed by atoms with van der Waals surface area (Å²) in [4.78, 5) is 25.9. The highest BCUT2D eigenvalue weighted by Gasteiger charge is 2.34. The van der Waals surface area contributed by atoms with Gasteiger partial charge in [0, 0.05) is 10.5 Å². The molecule has 0 atom stereocenters. The molecule has 0 aliphatic heterocycles. The molecule has 0 unspecified atom stereocenters. The van der Waals surface area contributed by atoms with E-state index in [9.17, 15) is 32.3 Å². The van der Waals surface area contributed by atoms with Gasteiger partial charge in [-0.3, -0.25) is 9.36 Å². The normalized spacial score (nSPS) is 11.7. The topological polar surface area (TPSA) is 72.4 Å². The Labute approximate surface area is 216 Å². The molecule has 0 aliphatic carbocycles. The molecule has 192 valence electrons. The number of fused-ring (bicyclic) bond motifs is 1. The van der Waals surface area contributed by atoms with Gasteiger partial charge in [-0.25, -0.2) is 9.18 Å². The minimum Gasteiger partial charge on any atom is -0.505 e. The highest BCUT2D eigenvalue weighted by Crippen LogP contribution is 2.43. The fraction of sp³-hybridized carbons (Fsp3) is 0.0714. The van der Waals surface area contributed by atoms with E-state index >= 15 is 0 Å². The molecule has 2 aromatic heterocycles. The molecule has 5 nitrogen and oxygen atoms in total. The first-order valence-corrected chi connectivity index (χ1v) is 12.0. The molecule has 0 aliphatic rings. The smallest absolute Gasteiger partial charge is 0.417 e. The van der Waals surface area contributed by atoms with Gasteiger partial charge in [0.2, 0.25) is 0 Å². The summed E-state index contributed by atoms with van der Waals surface area (Å²) in [7, 11) is 0. The number of pyridine rings is 1. The zero-order valence-corrected chi connectivity index (χ0v) is 20.4. The third-order valence-electron chi connectivity index (χ3n) is 5.91. The van der Waals surface area contributed by atoms with E-state index in [4.69, 9.17) is 4.42 Å². The Bertz CT molecular complexity index is 1810. The predicted octanol–water partition coefficient (Wildman–Crippen LogP) is 6.93. The van der Waals surface area contributed by atoms with Crippen molar-refractivity contribution < 1.29 is 27.1 Å². The van der Waals surface area contributed by atoms with Crippen LogP contribution in [0.25, 0.3) is 27.9 Å². The number of benzene rings is 3. The Morgan fingerprint density at radius 2 is 1.61 bits per heavy atom. The van der Waals surface area contributed by atoms with Gasteiger partial charge in [-0.15, -0.1) is 0 Å². The van der Waals surface area contributed by atoms with E-state index in [1.807, 2.05) is 0 Å². The van der Waals surface area contributed by atoms with Crippen molar-refractivity contribution >= 4 is 22.7 Å². The second-order valence-electron chi connectivity index (χ2n) is 8.33. The van der Waals surface area contributed by atoms with Gasteiger partial charge in [-0.2, -0.15) is 13.2 Å². The largest absolute Gasteiger partial charge is 0.505 e. The van der Waals surface area contributed by atoms with E-state index in [1.54, 1.807) is 37.3 Å². The number of halogens is 4. The van der Waals surface area contributed by atoms with Gasteiger partial charge < -0.3 is 9.52 Å². The molecule has 5 aromatic rings. The van der Waals surface area contributed by atoms with E-state index in [-0.39, 0.29) is 21.7 Å². The first kappa shape index (κ1) is 25.3. The Kier molecular flexibility index (Phi) is 6.36. The van der Waals surface area contributed by atoms with Crippen molar-refractivity contribution in [2.75, 3.05) is 0 Å². The molecule has 5 rings (SSSR count). The number of aryl methyl sites for hydroxylation is 1. The van der Waals surface area contributed by atoms with Crippen LogP contribution in [-0.2, 0) is 6.18 Å². The van der Waals surface area contributed by atoms with Crippen LogP contribution in [-0.4, -0.2) is 9.67 Å². The standard InChI is InChI=1S/C28H17F4NO4S/c1-15-22(16-8-3-2-4-9-16)33(18-11-7-10-17(29)14-18)26(35)21-23(34)25(27(36)37-24(15)21)38-20-13-6-5-12-19(20)28(30,31)32/h2-14,34H,1H3. The Morgan fingerprint density at radius 3 is 2.29 bits per heavy atom. The maximum atomic E-state index is 14.2. The zero-order valence-electron chi connectivity index (χ0n) is 19.5. The maximum Gasteiger partial charge on any atom is 0.417 e. The summed E-state index contributed by atoms with van der Waals surface area (Å²) >= 11 is 0.344. The van der Waals surface area contributed by atoms with Crippen molar-refractivity contribution in [3.63, 3.8) is 0 Å². The molecule has 2 heterocycles. The fourth-order valence-electron chi connectivity index (χ4n) is 4.25. The summed E-state index contributed by atoms with van der Waals surface area (Å²) in [6.45, 7) is 1.56. The Morgan fingerprint density at radius 1 is 0.921 bits per heavy atom. The summed E-state index contributed by atoms with van der Waals surface area (Å²) in [5.74, 6) is -1.44. The molecule has 0 saturated carbocycles. The van der Waals surface area contributed by atoms with Gasteiger partial charge in [0.1, 0.15) is 16.1 Å². The lowest BCUT2D eigenvalue weighted by molar-refractivity contribution is -0.139. The van der Waals surface area contributed by atoms with Crippen LogP contribution in [0.15, 0.2) is 103 Å². The second kappa shape index (κ2) is 9.53. The van der Waals surface area contributed by atoms with E-state index in [0.29, 0.717) is 23.0 Å². The van der Waals surface area contributed by atoms with Crippen LogP contribution in [0.4, 0.5) is 17.6 Å². The third-order valence-corrected chi connectivity index (χ3v) is 7.05. The van der Waals surface area contributed by atoms with E-state index in [2.05, 4.69) is 0 Å². The van der Waals surface area contributed by atoms with Crippen molar-refractivity contribution in [2.45, 2.75) is 22.9 Å². The summed E-state index contributed by atoms with van der Waals surface area (Å²) < 4.78 is 61.4. The van der Waals surface area contributed by atoms with Gasteiger partial charge in [0.25, 0.3) is 5.56 Å². The molecular formula is C28H17F4NO4S. The molecular weight excluding hydrogens is 522 g/mol. The fourth-order valence-corrected chi connectivity index (χ4v) is 5.24. The van der Waals surface area contributed by atoms with Crippen LogP contribution < -0.4 is 11.2 Å². The molecule has 0 radical (unpaired) electrons. The van der Waals surface area contributed by atoms with Crippen LogP contribution in [0, 0.1) is 12.7 Å². The molecule has 3 aromatic carbocycles. The second-order valence-corrected chi connectivity index (χ2v) is 9.38. The molecule has 0 bridgehead atoms. The van der Waals surface area contributed by atoms with Crippen LogP contribution >= 0.6 is 11.8 Å². The predicted molar refractivity (Wildman–Crippen MR) is 135 cm³/mol. The highest BCUT2D eigenvalue weighted by atomic mass is 32.2. The molecule has 0 spiro atoms. The average Bonchev–Trinajstić information content (AvgIpc) is 2.88. The summed E-state index contributed by atoms with van der Waals surface area (Å²) in [5, 5.41) is 10.7. The lowest BCUT2D eigenvalue weighted by atomic mass is 10.0. The van der Waals surface area contributed by atoms with Crippen LogP contribution in [0.2, 0.25) is 0 Å². The zero-order chi connectivity index (χ0) is 27.2. The maximum absolute atomic E-state index is 14.2. The Balaban J connectivity index is 1.85. The SMILES string of the molecule is Cc1c(-c2ccccc2)n(-c2cccc(F)c2)c(=O)c2c(O)c(Sc3ccccc3C(F)(F)F)c(=O)oc12. The lowest BCUT2D eigenvalue weighted by Crippen LogP contribution is -2.23. The molecule has 38 heavy (non-hydrogen) atoms. The molecule has 0 fully saturated rings. The third kappa shape index (κ3) is 4.37. The van der Waals surface area contributed by atoms with Crippen molar-refractivity contribution in [1.82, 2.24) is 4.57 Å². The Hall–Kier alpha value is -4.31. The van der Waals surface area contributed by atoms with Crippen LogP contribution in [0.1, 0.15) is 11.1 Å². The van der Waals surface area contributed by atoms with Gasteiger partial charge >= 0.3 is 11.8 Å². The summed E-state index contributed by atoms with van der Waals surface area (Å²) in [6.07, 6.45) is -4.72. The van der Waals surface area contributed by atoms with Gasteiger partial charge in [0.05, 0.1) is 16.9 Å². The van der Waals surface area contributed by atoms with Gasteiger partial charge in [0.15, 0.2) is 11.3 Å². The minimum atomic E-state index is -4.72. The molecule has 0 amide bonds. The number of aromatic hydroxyl groups is 1. The number of aromatic nitrogens is 1. The molecule has 10 heteroatoms. The monoisotopic (exact) mass is 539 g/mol. The van der Waals surface area contributed by atoms with Crippen molar-refractivity contribution in [1.29, 1.82) is 0 Å². The highest BCUT2D eigenvalue weighted by molar-refractivity contribution is 7.99. The number of alkyl halides is 3.